The molecule has 2 aromatic carbocycles. The van der Waals surface area contributed by atoms with E-state index in [0.29, 0.717) is 45.4 Å². The zero-order chi connectivity index (χ0) is 30.4. The van der Waals surface area contributed by atoms with Crippen molar-refractivity contribution in [3.63, 3.8) is 0 Å². The van der Waals surface area contributed by atoms with Gasteiger partial charge in [-0.1, -0.05) is 49.7 Å². The summed E-state index contributed by atoms with van der Waals surface area (Å²) in [5.74, 6) is -0.380. The average molecular weight is 591 g/mol. The summed E-state index contributed by atoms with van der Waals surface area (Å²) >= 11 is 0. The molecule has 3 N–H and O–H groups in total. The molecule has 3 amide bonds. The zero-order valence-corrected chi connectivity index (χ0v) is 25.5. The maximum atomic E-state index is 13.8. The smallest absolute Gasteiger partial charge is 0.248 e. The highest BCUT2D eigenvalue weighted by atomic mass is 16.5. The maximum Gasteiger partial charge on any atom is 0.248 e. The number of likely N-dealkylation sites (tertiary alicyclic amines) is 1. The number of piperazine rings is 1. The van der Waals surface area contributed by atoms with E-state index < -0.39 is 17.7 Å². The molecule has 1 spiro atoms. The maximum absolute atomic E-state index is 13.8. The van der Waals surface area contributed by atoms with Crippen LogP contribution >= 0.6 is 0 Å². The van der Waals surface area contributed by atoms with Crippen LogP contribution in [-0.4, -0.2) is 83.2 Å². The third-order valence-corrected chi connectivity index (χ3v) is 9.38. The third kappa shape index (κ3) is 7.28. The summed E-state index contributed by atoms with van der Waals surface area (Å²) in [4.78, 5) is 43.0. The molecule has 3 fully saturated rings. The van der Waals surface area contributed by atoms with E-state index >= 15 is 0 Å². The van der Waals surface area contributed by atoms with E-state index in [9.17, 15) is 19.5 Å². The van der Waals surface area contributed by atoms with Crippen molar-refractivity contribution in [3.8, 4) is 0 Å². The molecule has 5 rings (SSSR count). The molecule has 0 aliphatic carbocycles. The number of aliphatic hydroxyl groups is 1. The van der Waals surface area contributed by atoms with Gasteiger partial charge in [-0.25, -0.2) is 0 Å². The number of anilines is 1. The van der Waals surface area contributed by atoms with Crippen molar-refractivity contribution < 1.29 is 24.2 Å². The number of rotatable bonds is 10. The van der Waals surface area contributed by atoms with Gasteiger partial charge in [0.1, 0.15) is 11.6 Å². The van der Waals surface area contributed by atoms with Crippen molar-refractivity contribution in [2.75, 3.05) is 38.2 Å². The first-order valence-corrected chi connectivity index (χ1v) is 15.8. The molecule has 3 aliphatic rings. The molecule has 2 atom stereocenters. The number of amides is 3. The number of carbonyl (C=O) groups excluding carboxylic acids is 3. The normalized spacial score (nSPS) is 21.9. The Hall–Kier alpha value is -3.27. The number of aliphatic hydroxyl groups excluding tert-OH is 1. The monoisotopic (exact) mass is 590 g/mol. The van der Waals surface area contributed by atoms with E-state index in [-0.39, 0.29) is 23.6 Å². The van der Waals surface area contributed by atoms with Gasteiger partial charge < -0.3 is 25.4 Å². The largest absolute Gasteiger partial charge is 0.390 e. The molecule has 3 aliphatic heterocycles. The van der Waals surface area contributed by atoms with Crippen molar-refractivity contribution in [1.82, 2.24) is 15.1 Å². The first-order chi connectivity index (χ1) is 20.8. The van der Waals surface area contributed by atoms with Gasteiger partial charge in [0.25, 0.3) is 0 Å². The standard InChI is InChI=1S/C34H46N4O5/c1-3-4-17-38-32(41)30(31(40)28-13-20-43-21-14-28)36-33(42)34(38)15-18-37(19-16-34)23-27-7-5-25(6-8-27)22-26-9-11-29(12-10-26)35-24(2)39/h5-12,28,30-31,40H,3-4,13-23H2,1-2H3,(H,35,39)(H,36,42)/t30-,31-/m1/s1. The van der Waals surface area contributed by atoms with Gasteiger partial charge in [-0.15, -0.1) is 0 Å². The minimum absolute atomic E-state index is 0.0473. The van der Waals surface area contributed by atoms with Gasteiger partial charge in [-0.2, -0.15) is 0 Å². The van der Waals surface area contributed by atoms with Crippen LogP contribution in [0.5, 0.6) is 0 Å². The van der Waals surface area contributed by atoms with Crippen molar-refractivity contribution in [3.05, 3.63) is 65.2 Å². The summed E-state index contributed by atoms with van der Waals surface area (Å²) in [5, 5.41) is 16.9. The fourth-order valence-corrected chi connectivity index (χ4v) is 6.78. The number of benzene rings is 2. The number of nitrogens with one attached hydrogen (secondary N) is 2. The summed E-state index contributed by atoms with van der Waals surface area (Å²) < 4.78 is 5.44. The number of ether oxygens (including phenoxy) is 1. The van der Waals surface area contributed by atoms with Gasteiger partial charge in [0.15, 0.2) is 0 Å². The van der Waals surface area contributed by atoms with Gasteiger partial charge in [0.05, 0.1) is 6.10 Å². The topological polar surface area (TPSA) is 111 Å². The Morgan fingerprint density at radius 1 is 1.02 bits per heavy atom. The van der Waals surface area contributed by atoms with Crippen LogP contribution in [0.1, 0.15) is 69.1 Å². The van der Waals surface area contributed by atoms with Crippen LogP contribution in [0.2, 0.25) is 0 Å². The van der Waals surface area contributed by atoms with Crippen LogP contribution in [0.4, 0.5) is 5.69 Å². The molecule has 9 heteroatoms. The van der Waals surface area contributed by atoms with E-state index in [4.69, 9.17) is 4.74 Å². The Kier molecular flexibility index (Phi) is 10.2. The summed E-state index contributed by atoms with van der Waals surface area (Å²) in [6.45, 7) is 7.52. The van der Waals surface area contributed by atoms with E-state index in [0.717, 1.165) is 44.6 Å². The van der Waals surface area contributed by atoms with Crippen LogP contribution in [-0.2, 0) is 32.1 Å². The highest BCUT2D eigenvalue weighted by Crippen LogP contribution is 2.35. The van der Waals surface area contributed by atoms with E-state index in [1.807, 2.05) is 29.2 Å². The van der Waals surface area contributed by atoms with Gasteiger partial charge >= 0.3 is 0 Å². The predicted octanol–water partition coefficient (Wildman–Crippen LogP) is 3.49. The second-order valence-corrected chi connectivity index (χ2v) is 12.4. The Morgan fingerprint density at radius 3 is 2.23 bits per heavy atom. The minimum atomic E-state index is -0.895. The fourth-order valence-electron chi connectivity index (χ4n) is 6.78. The molecule has 43 heavy (non-hydrogen) atoms. The Bertz CT molecular complexity index is 1250. The van der Waals surface area contributed by atoms with Gasteiger partial charge in [-0.05, 0) is 73.3 Å². The second-order valence-electron chi connectivity index (χ2n) is 12.4. The number of carbonyl (C=O) groups is 3. The first-order valence-electron chi connectivity index (χ1n) is 15.8. The molecule has 2 aromatic rings. The number of piperidine rings is 1. The predicted molar refractivity (Wildman–Crippen MR) is 165 cm³/mol. The summed E-state index contributed by atoms with van der Waals surface area (Å²) in [6.07, 6.45) is 4.24. The number of hydrogen-bond donors (Lipinski definition) is 3. The van der Waals surface area contributed by atoms with E-state index in [1.54, 1.807) is 0 Å². The van der Waals surface area contributed by atoms with Gasteiger partial charge in [0, 0.05) is 52.0 Å². The second kappa shape index (κ2) is 14.0. The lowest BCUT2D eigenvalue weighted by Crippen LogP contribution is -2.75. The number of unbranched alkanes of at least 4 members (excludes halogenated alkanes) is 1. The van der Waals surface area contributed by atoms with E-state index in [1.165, 1.54) is 23.6 Å². The molecule has 3 saturated heterocycles. The molecule has 3 heterocycles. The van der Waals surface area contributed by atoms with Crippen molar-refractivity contribution in [1.29, 1.82) is 0 Å². The van der Waals surface area contributed by atoms with Crippen LogP contribution in [0.3, 0.4) is 0 Å². The Labute approximate surface area is 255 Å². The summed E-state index contributed by atoms with van der Waals surface area (Å²) in [6, 6.07) is 15.7. The van der Waals surface area contributed by atoms with Crippen molar-refractivity contribution in [2.45, 2.75) is 83.0 Å². The third-order valence-electron chi connectivity index (χ3n) is 9.38. The highest BCUT2D eigenvalue weighted by Gasteiger charge is 2.55. The zero-order valence-electron chi connectivity index (χ0n) is 25.5. The fraction of sp³-hybridized carbons (Fsp3) is 0.559. The molecular weight excluding hydrogens is 544 g/mol. The molecule has 9 nitrogen and oxygen atoms in total. The Balaban J connectivity index is 1.19. The van der Waals surface area contributed by atoms with Gasteiger partial charge in [-0.3, -0.25) is 19.3 Å². The number of nitrogens with zero attached hydrogens (tertiary/aromatic N) is 2. The lowest BCUT2D eigenvalue weighted by atomic mass is 9.79. The molecule has 0 unspecified atom stereocenters. The molecule has 0 saturated carbocycles. The van der Waals surface area contributed by atoms with Crippen LogP contribution in [0, 0.1) is 5.92 Å². The van der Waals surface area contributed by atoms with E-state index in [2.05, 4.69) is 46.7 Å². The van der Waals surface area contributed by atoms with Crippen LogP contribution < -0.4 is 10.6 Å². The summed E-state index contributed by atoms with van der Waals surface area (Å²) in [5.41, 5.74) is 3.56. The SMILES string of the molecule is CCCCN1C(=O)[C@@H]([C@H](O)C2CCOCC2)NC(=O)C12CCN(Cc1ccc(Cc3ccc(NC(C)=O)cc3)cc1)CC2. The highest BCUT2D eigenvalue weighted by molar-refractivity contribution is 6.00. The average Bonchev–Trinajstić information content (AvgIpc) is 3.02. The minimum Gasteiger partial charge on any atom is -0.390 e. The molecule has 232 valence electrons. The first kappa shape index (κ1) is 31.2. The number of hydrogen-bond acceptors (Lipinski definition) is 6. The molecule has 0 radical (unpaired) electrons. The lowest BCUT2D eigenvalue weighted by Gasteiger charge is -2.52. The molecule has 0 bridgehead atoms. The quantitative estimate of drug-likeness (QED) is 0.391. The summed E-state index contributed by atoms with van der Waals surface area (Å²) in [7, 11) is 0. The Morgan fingerprint density at radius 2 is 1.63 bits per heavy atom. The van der Waals surface area contributed by atoms with Crippen molar-refractivity contribution >= 4 is 23.4 Å². The molecule has 0 aromatic heterocycles. The van der Waals surface area contributed by atoms with Crippen molar-refractivity contribution in [2.24, 2.45) is 5.92 Å². The van der Waals surface area contributed by atoms with Crippen LogP contribution in [0.15, 0.2) is 48.5 Å². The van der Waals surface area contributed by atoms with Crippen LogP contribution in [0.25, 0.3) is 0 Å². The van der Waals surface area contributed by atoms with Gasteiger partial charge in [0.2, 0.25) is 17.7 Å². The lowest BCUT2D eigenvalue weighted by molar-refractivity contribution is -0.166. The molecular formula is C34H46N4O5.